The summed E-state index contributed by atoms with van der Waals surface area (Å²) < 4.78 is 10.9. The van der Waals surface area contributed by atoms with Gasteiger partial charge < -0.3 is 19.8 Å². The van der Waals surface area contributed by atoms with E-state index in [1.54, 1.807) is 7.11 Å². The molecule has 5 nitrogen and oxygen atoms in total. The summed E-state index contributed by atoms with van der Waals surface area (Å²) in [5, 5.41) is 3.44. The van der Waals surface area contributed by atoms with Gasteiger partial charge in [-0.3, -0.25) is 0 Å². The van der Waals surface area contributed by atoms with Gasteiger partial charge in [0.2, 0.25) is 0 Å². The van der Waals surface area contributed by atoms with Crippen molar-refractivity contribution in [1.82, 2.24) is 15.3 Å². The van der Waals surface area contributed by atoms with Crippen LogP contribution in [0.1, 0.15) is 18.3 Å². The molecular weight excluding hydrogens is 302 g/mol. The fraction of sp³-hybridized carbons (Fsp3) is 0.316. The van der Waals surface area contributed by atoms with Crippen LogP contribution in [0, 0.1) is 0 Å². The summed E-state index contributed by atoms with van der Waals surface area (Å²) in [4.78, 5) is 7.93. The Morgan fingerprint density at radius 1 is 1.12 bits per heavy atom. The SMILES string of the molecule is CCOc1ccc(CNCCc2nc3ccccc3[nH]2)cc1OC. The second-order valence-electron chi connectivity index (χ2n) is 5.55. The predicted octanol–water partition coefficient (Wildman–Crippen LogP) is 3.30. The molecule has 0 radical (unpaired) electrons. The number of fused-ring (bicyclic) bond motifs is 1. The Hall–Kier alpha value is -2.53. The normalized spacial score (nSPS) is 10.9. The molecule has 0 spiro atoms. The highest BCUT2D eigenvalue weighted by Crippen LogP contribution is 2.27. The minimum atomic E-state index is 0.630. The quantitative estimate of drug-likeness (QED) is 0.624. The first-order valence-corrected chi connectivity index (χ1v) is 8.24. The molecule has 0 aliphatic rings. The molecule has 0 unspecified atom stereocenters. The van der Waals surface area contributed by atoms with Crippen LogP contribution in [0.2, 0.25) is 0 Å². The minimum absolute atomic E-state index is 0.630. The molecule has 0 amide bonds. The van der Waals surface area contributed by atoms with E-state index >= 15 is 0 Å². The largest absolute Gasteiger partial charge is 0.493 e. The number of nitrogens with zero attached hydrogens (tertiary/aromatic N) is 1. The van der Waals surface area contributed by atoms with Gasteiger partial charge in [-0.2, -0.15) is 0 Å². The van der Waals surface area contributed by atoms with E-state index in [2.05, 4.69) is 21.4 Å². The first-order valence-electron chi connectivity index (χ1n) is 8.24. The van der Waals surface area contributed by atoms with Crippen LogP contribution in [0.25, 0.3) is 11.0 Å². The van der Waals surface area contributed by atoms with Crippen LogP contribution in [-0.2, 0) is 13.0 Å². The van der Waals surface area contributed by atoms with Crippen molar-refractivity contribution >= 4 is 11.0 Å². The Bertz CT molecular complexity index is 765. The van der Waals surface area contributed by atoms with Gasteiger partial charge in [0.15, 0.2) is 11.5 Å². The number of benzene rings is 2. The number of H-pyrrole nitrogens is 1. The molecule has 2 aromatic carbocycles. The smallest absolute Gasteiger partial charge is 0.161 e. The van der Waals surface area contributed by atoms with E-state index in [-0.39, 0.29) is 0 Å². The average molecular weight is 325 g/mol. The highest BCUT2D eigenvalue weighted by atomic mass is 16.5. The zero-order valence-corrected chi connectivity index (χ0v) is 14.1. The third-order valence-electron chi connectivity index (χ3n) is 3.83. The molecule has 5 heteroatoms. The molecule has 24 heavy (non-hydrogen) atoms. The van der Waals surface area contributed by atoms with Gasteiger partial charge in [-0.1, -0.05) is 18.2 Å². The van der Waals surface area contributed by atoms with Crippen LogP contribution in [-0.4, -0.2) is 30.2 Å². The fourth-order valence-electron chi connectivity index (χ4n) is 2.66. The van der Waals surface area contributed by atoms with Crippen LogP contribution in [0.15, 0.2) is 42.5 Å². The van der Waals surface area contributed by atoms with Gasteiger partial charge in [0.25, 0.3) is 0 Å². The number of methoxy groups -OCH3 is 1. The molecule has 2 N–H and O–H groups in total. The highest BCUT2D eigenvalue weighted by molar-refractivity contribution is 5.74. The Morgan fingerprint density at radius 2 is 2.00 bits per heavy atom. The average Bonchev–Trinajstić information content (AvgIpc) is 3.02. The predicted molar refractivity (Wildman–Crippen MR) is 95.7 cm³/mol. The molecule has 126 valence electrons. The van der Waals surface area contributed by atoms with Crippen molar-refractivity contribution in [3.05, 3.63) is 53.9 Å². The summed E-state index contributed by atoms with van der Waals surface area (Å²) in [5.41, 5.74) is 3.27. The molecule has 0 aliphatic carbocycles. The molecule has 1 aromatic heterocycles. The molecule has 0 bridgehead atoms. The third-order valence-corrected chi connectivity index (χ3v) is 3.83. The van der Waals surface area contributed by atoms with Crippen molar-refractivity contribution in [2.45, 2.75) is 19.9 Å². The first-order chi connectivity index (χ1) is 11.8. The molecule has 0 aliphatic heterocycles. The van der Waals surface area contributed by atoms with Crippen molar-refractivity contribution in [2.75, 3.05) is 20.3 Å². The minimum Gasteiger partial charge on any atom is -0.493 e. The van der Waals surface area contributed by atoms with Gasteiger partial charge in [0.1, 0.15) is 5.82 Å². The van der Waals surface area contributed by atoms with Gasteiger partial charge >= 0.3 is 0 Å². The van der Waals surface area contributed by atoms with E-state index in [0.717, 1.165) is 47.9 Å². The van der Waals surface area contributed by atoms with E-state index in [1.807, 2.05) is 43.3 Å². The van der Waals surface area contributed by atoms with Gasteiger partial charge in [-0.25, -0.2) is 4.98 Å². The summed E-state index contributed by atoms with van der Waals surface area (Å²) in [5.74, 6) is 2.56. The van der Waals surface area contributed by atoms with Crippen LogP contribution in [0.5, 0.6) is 11.5 Å². The molecule has 3 aromatic rings. The summed E-state index contributed by atoms with van der Waals surface area (Å²) in [6.07, 6.45) is 0.864. The molecule has 0 atom stereocenters. The van der Waals surface area contributed by atoms with Crippen molar-refractivity contribution in [2.24, 2.45) is 0 Å². The number of nitrogens with one attached hydrogen (secondary N) is 2. The third kappa shape index (κ3) is 3.86. The van der Waals surface area contributed by atoms with Gasteiger partial charge in [-0.05, 0) is 36.8 Å². The van der Waals surface area contributed by atoms with Crippen molar-refractivity contribution in [3.8, 4) is 11.5 Å². The number of aromatic nitrogens is 2. The maximum atomic E-state index is 5.54. The lowest BCUT2D eigenvalue weighted by molar-refractivity contribution is 0.310. The summed E-state index contributed by atoms with van der Waals surface area (Å²) >= 11 is 0. The number of imidazole rings is 1. The topological polar surface area (TPSA) is 59.2 Å². The lowest BCUT2D eigenvalue weighted by Crippen LogP contribution is -2.17. The number of rotatable bonds is 8. The Labute approximate surface area is 142 Å². The van der Waals surface area contributed by atoms with E-state index in [4.69, 9.17) is 9.47 Å². The van der Waals surface area contributed by atoms with Crippen LogP contribution < -0.4 is 14.8 Å². The molecule has 0 saturated carbocycles. The van der Waals surface area contributed by atoms with E-state index in [0.29, 0.717) is 6.61 Å². The maximum Gasteiger partial charge on any atom is 0.161 e. The molecular formula is C19H23N3O2. The van der Waals surface area contributed by atoms with Crippen molar-refractivity contribution in [3.63, 3.8) is 0 Å². The molecule has 0 saturated heterocycles. The molecule has 1 heterocycles. The monoisotopic (exact) mass is 325 g/mol. The number of hydrogen-bond acceptors (Lipinski definition) is 4. The zero-order valence-electron chi connectivity index (χ0n) is 14.1. The molecule has 3 rings (SSSR count). The van der Waals surface area contributed by atoms with Gasteiger partial charge in [0.05, 0.1) is 24.8 Å². The summed E-state index contributed by atoms with van der Waals surface area (Å²) in [6, 6.07) is 14.1. The Kier molecular flexibility index (Phi) is 5.33. The van der Waals surface area contributed by atoms with Crippen molar-refractivity contribution < 1.29 is 9.47 Å². The lowest BCUT2D eigenvalue weighted by atomic mass is 10.2. The van der Waals surface area contributed by atoms with Crippen molar-refractivity contribution in [1.29, 1.82) is 0 Å². The Morgan fingerprint density at radius 3 is 2.79 bits per heavy atom. The van der Waals surface area contributed by atoms with Gasteiger partial charge in [-0.15, -0.1) is 0 Å². The number of aromatic amines is 1. The van der Waals surface area contributed by atoms with Crippen LogP contribution >= 0.6 is 0 Å². The van der Waals surface area contributed by atoms with E-state index in [9.17, 15) is 0 Å². The summed E-state index contributed by atoms with van der Waals surface area (Å²) in [6.45, 7) is 4.23. The lowest BCUT2D eigenvalue weighted by Gasteiger charge is -2.11. The Balaban J connectivity index is 1.52. The number of hydrogen-bond donors (Lipinski definition) is 2. The van der Waals surface area contributed by atoms with Gasteiger partial charge in [0, 0.05) is 19.5 Å². The number of para-hydroxylation sites is 2. The first kappa shape index (κ1) is 16.3. The summed E-state index contributed by atoms with van der Waals surface area (Å²) in [7, 11) is 1.66. The molecule has 0 fully saturated rings. The second kappa shape index (κ2) is 7.84. The fourth-order valence-corrected chi connectivity index (χ4v) is 2.66. The maximum absolute atomic E-state index is 5.54. The highest BCUT2D eigenvalue weighted by Gasteiger charge is 2.05. The van der Waals surface area contributed by atoms with Crippen LogP contribution in [0.3, 0.4) is 0 Å². The second-order valence-corrected chi connectivity index (χ2v) is 5.55. The number of ether oxygens (including phenoxy) is 2. The standard InChI is InChI=1S/C19H23N3O2/c1-3-24-17-9-8-14(12-18(17)23-2)13-20-11-10-19-21-15-6-4-5-7-16(15)22-19/h4-9,12,20H,3,10-11,13H2,1-2H3,(H,21,22). The van der Waals surface area contributed by atoms with E-state index in [1.165, 1.54) is 5.56 Å². The van der Waals surface area contributed by atoms with E-state index < -0.39 is 0 Å². The van der Waals surface area contributed by atoms with Crippen LogP contribution in [0.4, 0.5) is 0 Å². The zero-order chi connectivity index (χ0) is 16.8.